The largest absolute Gasteiger partial charge is 0.483 e. The first-order valence-corrected chi connectivity index (χ1v) is 10.4. The van der Waals surface area contributed by atoms with Crippen LogP contribution in [-0.4, -0.2) is 18.6 Å². The van der Waals surface area contributed by atoms with Crippen LogP contribution < -0.4 is 10.1 Å². The van der Waals surface area contributed by atoms with E-state index in [1.807, 2.05) is 30.3 Å². The molecule has 0 heterocycles. The van der Waals surface area contributed by atoms with Crippen molar-refractivity contribution in [3.05, 3.63) is 42.5 Å². The predicted molar refractivity (Wildman–Crippen MR) is 109 cm³/mol. The number of para-hydroxylation sites is 1. The van der Waals surface area contributed by atoms with Gasteiger partial charge in [0.05, 0.1) is 0 Å². The Hall–Kier alpha value is -1.77. The van der Waals surface area contributed by atoms with Crippen molar-refractivity contribution in [1.29, 1.82) is 0 Å². The Balaban J connectivity index is 1.79. The zero-order valence-electron chi connectivity index (χ0n) is 16.2. The van der Waals surface area contributed by atoms with E-state index in [2.05, 4.69) is 11.9 Å². The van der Waals surface area contributed by atoms with E-state index in [-0.39, 0.29) is 12.5 Å². The lowest BCUT2D eigenvalue weighted by molar-refractivity contribution is -0.123. The van der Waals surface area contributed by atoms with Crippen molar-refractivity contribution in [2.45, 2.75) is 83.1 Å². The molecule has 1 aromatic carbocycles. The number of benzene rings is 1. The fourth-order valence-electron chi connectivity index (χ4n) is 3.69. The highest BCUT2D eigenvalue weighted by Crippen LogP contribution is 2.19. The lowest BCUT2D eigenvalue weighted by Crippen LogP contribution is -2.38. The third kappa shape index (κ3) is 8.07. The maximum absolute atomic E-state index is 12.4. The van der Waals surface area contributed by atoms with Gasteiger partial charge in [0.1, 0.15) is 5.75 Å². The van der Waals surface area contributed by atoms with Crippen molar-refractivity contribution in [1.82, 2.24) is 5.32 Å². The highest BCUT2D eigenvalue weighted by molar-refractivity contribution is 5.77. The van der Waals surface area contributed by atoms with E-state index in [1.165, 1.54) is 57.8 Å². The van der Waals surface area contributed by atoms with Crippen LogP contribution in [0.5, 0.6) is 5.75 Å². The summed E-state index contributed by atoms with van der Waals surface area (Å²) in [4.78, 5) is 12.4. The Morgan fingerprint density at radius 3 is 2.19 bits per heavy atom. The molecule has 0 saturated heterocycles. The first kappa shape index (κ1) is 20.5. The van der Waals surface area contributed by atoms with Crippen molar-refractivity contribution in [3.63, 3.8) is 0 Å². The molecule has 2 rings (SSSR count). The number of amides is 1. The van der Waals surface area contributed by atoms with Crippen LogP contribution in [0.1, 0.15) is 76.2 Å². The molecule has 1 aliphatic carbocycles. The van der Waals surface area contributed by atoms with Gasteiger partial charge in [0.15, 0.2) is 6.61 Å². The molecule has 0 radical (unpaired) electrons. The van der Waals surface area contributed by atoms with Crippen LogP contribution in [0.3, 0.4) is 0 Å². The Morgan fingerprint density at radius 2 is 1.58 bits per heavy atom. The summed E-state index contributed by atoms with van der Waals surface area (Å²) in [5.74, 6) is 0.775. The molecule has 0 spiro atoms. The standard InChI is InChI=1S/C23H35NO2/c1-2-14-20-15-12-13-18-22(20)26-19-23(25)24-21-16-10-8-6-4-3-5-7-9-11-17-21/h2,12-13,15,18,21H,1,3-11,14,16-17,19H2,(H,24,25). The molecule has 26 heavy (non-hydrogen) atoms. The summed E-state index contributed by atoms with van der Waals surface area (Å²) in [6.07, 6.45) is 16.6. The molecule has 1 aliphatic rings. The second-order valence-electron chi connectivity index (χ2n) is 7.41. The first-order valence-electron chi connectivity index (χ1n) is 10.4. The van der Waals surface area contributed by atoms with Crippen LogP contribution in [0, 0.1) is 0 Å². The van der Waals surface area contributed by atoms with Gasteiger partial charge in [-0.15, -0.1) is 6.58 Å². The number of ether oxygens (including phenoxy) is 1. The zero-order chi connectivity index (χ0) is 18.5. The first-order chi connectivity index (χ1) is 12.8. The zero-order valence-corrected chi connectivity index (χ0v) is 16.2. The van der Waals surface area contributed by atoms with Crippen molar-refractivity contribution in [3.8, 4) is 5.75 Å². The van der Waals surface area contributed by atoms with E-state index >= 15 is 0 Å². The minimum atomic E-state index is -0.00417. The van der Waals surface area contributed by atoms with E-state index in [4.69, 9.17) is 4.74 Å². The third-order valence-corrected chi connectivity index (χ3v) is 5.17. The molecule has 0 bridgehead atoms. The molecule has 1 aromatic rings. The maximum Gasteiger partial charge on any atom is 0.258 e. The van der Waals surface area contributed by atoms with Crippen LogP contribution in [0.25, 0.3) is 0 Å². The Bertz CT molecular complexity index is 529. The van der Waals surface area contributed by atoms with E-state index in [0.717, 1.165) is 30.6 Å². The number of hydrogen-bond acceptors (Lipinski definition) is 2. The summed E-state index contributed by atoms with van der Waals surface area (Å²) in [5, 5.41) is 3.21. The topological polar surface area (TPSA) is 38.3 Å². The molecule has 3 heteroatoms. The Labute approximate surface area is 159 Å². The fraction of sp³-hybridized carbons (Fsp3) is 0.609. The van der Waals surface area contributed by atoms with E-state index < -0.39 is 0 Å². The van der Waals surface area contributed by atoms with Crippen molar-refractivity contribution in [2.24, 2.45) is 0 Å². The lowest BCUT2D eigenvalue weighted by atomic mass is 9.98. The molecule has 0 atom stereocenters. The average Bonchev–Trinajstić information content (AvgIpc) is 2.63. The highest BCUT2D eigenvalue weighted by Gasteiger charge is 2.13. The molecule has 1 saturated carbocycles. The predicted octanol–water partition coefficient (Wildman–Crippen LogP) is 5.58. The second kappa shape index (κ2) is 12.6. The minimum absolute atomic E-state index is 0.00417. The summed E-state index contributed by atoms with van der Waals surface area (Å²) in [5.41, 5.74) is 1.07. The molecule has 0 unspecified atom stereocenters. The van der Waals surface area contributed by atoms with Gasteiger partial charge in [-0.25, -0.2) is 0 Å². The summed E-state index contributed by atoms with van der Waals surface area (Å²) >= 11 is 0. The van der Waals surface area contributed by atoms with Crippen molar-refractivity contribution in [2.75, 3.05) is 6.61 Å². The van der Waals surface area contributed by atoms with Gasteiger partial charge in [0.2, 0.25) is 0 Å². The number of carbonyl (C=O) groups excluding carboxylic acids is 1. The highest BCUT2D eigenvalue weighted by atomic mass is 16.5. The van der Waals surface area contributed by atoms with E-state index in [9.17, 15) is 4.79 Å². The maximum atomic E-state index is 12.4. The number of nitrogens with one attached hydrogen (secondary N) is 1. The van der Waals surface area contributed by atoms with Crippen LogP contribution >= 0.6 is 0 Å². The van der Waals surface area contributed by atoms with Gasteiger partial charge in [-0.05, 0) is 30.9 Å². The Morgan fingerprint density at radius 1 is 1.00 bits per heavy atom. The molecule has 1 amide bonds. The van der Waals surface area contributed by atoms with Crippen molar-refractivity contribution >= 4 is 5.91 Å². The van der Waals surface area contributed by atoms with Gasteiger partial charge in [-0.1, -0.05) is 82.1 Å². The molecule has 0 aromatic heterocycles. The number of carbonyl (C=O) groups is 1. The molecule has 3 nitrogen and oxygen atoms in total. The molecule has 1 N–H and O–H groups in total. The summed E-state index contributed by atoms with van der Waals surface area (Å²) in [7, 11) is 0. The van der Waals surface area contributed by atoms with Crippen LogP contribution in [0.4, 0.5) is 0 Å². The molecule has 1 fully saturated rings. The summed E-state index contributed by atoms with van der Waals surface area (Å²) in [6.45, 7) is 3.87. The second-order valence-corrected chi connectivity index (χ2v) is 7.41. The lowest BCUT2D eigenvalue weighted by Gasteiger charge is -2.20. The normalized spacial score (nSPS) is 17.5. The molecule has 144 valence electrons. The van der Waals surface area contributed by atoms with Crippen LogP contribution in [0.15, 0.2) is 36.9 Å². The molecule has 0 aliphatic heterocycles. The van der Waals surface area contributed by atoms with Gasteiger partial charge in [0, 0.05) is 6.04 Å². The van der Waals surface area contributed by atoms with Gasteiger partial charge < -0.3 is 10.1 Å². The van der Waals surface area contributed by atoms with Gasteiger partial charge in [-0.2, -0.15) is 0 Å². The molecular weight excluding hydrogens is 322 g/mol. The Kier molecular flexibility index (Phi) is 9.92. The SMILES string of the molecule is C=CCc1ccccc1OCC(=O)NC1CCCCCCCCCCC1. The minimum Gasteiger partial charge on any atom is -0.483 e. The average molecular weight is 358 g/mol. The smallest absolute Gasteiger partial charge is 0.258 e. The van der Waals surface area contributed by atoms with Crippen LogP contribution in [-0.2, 0) is 11.2 Å². The van der Waals surface area contributed by atoms with E-state index in [0.29, 0.717) is 6.04 Å². The number of hydrogen-bond donors (Lipinski definition) is 1. The van der Waals surface area contributed by atoms with Gasteiger partial charge in [0.25, 0.3) is 5.91 Å². The molecular formula is C23H35NO2. The third-order valence-electron chi connectivity index (χ3n) is 5.17. The van der Waals surface area contributed by atoms with Crippen molar-refractivity contribution < 1.29 is 9.53 Å². The van der Waals surface area contributed by atoms with Crippen LogP contribution in [0.2, 0.25) is 0 Å². The summed E-state index contributed by atoms with van der Waals surface area (Å²) in [6, 6.07) is 8.15. The van der Waals surface area contributed by atoms with Gasteiger partial charge >= 0.3 is 0 Å². The van der Waals surface area contributed by atoms with E-state index in [1.54, 1.807) is 0 Å². The van der Waals surface area contributed by atoms with Gasteiger partial charge in [-0.3, -0.25) is 4.79 Å². The summed E-state index contributed by atoms with van der Waals surface area (Å²) < 4.78 is 5.77. The fourth-order valence-corrected chi connectivity index (χ4v) is 3.69. The number of allylic oxidation sites excluding steroid dienone is 1. The monoisotopic (exact) mass is 357 g/mol. The number of rotatable bonds is 6. The quantitative estimate of drug-likeness (QED) is 0.675.